The molecule has 18 heavy (non-hydrogen) atoms. The summed E-state index contributed by atoms with van der Waals surface area (Å²) in [6.45, 7) is 0. The van der Waals surface area contributed by atoms with Gasteiger partial charge in [-0.2, -0.15) is 0 Å². The van der Waals surface area contributed by atoms with E-state index >= 15 is 0 Å². The molecule has 2 aliphatic rings. The van der Waals surface area contributed by atoms with Crippen LogP contribution in [0.2, 0.25) is 0 Å². The second kappa shape index (κ2) is 5.64. The molecule has 2 heteroatoms. The third-order valence-corrected chi connectivity index (χ3v) is 4.85. The van der Waals surface area contributed by atoms with Gasteiger partial charge < -0.3 is 4.74 Å². The van der Waals surface area contributed by atoms with E-state index in [-0.39, 0.29) is 0 Å². The summed E-state index contributed by atoms with van der Waals surface area (Å²) in [5.41, 5.74) is 1.47. The molecule has 0 aromatic heterocycles. The average Bonchev–Trinajstić information content (AvgIpc) is 3.18. The van der Waals surface area contributed by atoms with Crippen molar-refractivity contribution < 1.29 is 4.74 Å². The fourth-order valence-corrected chi connectivity index (χ4v) is 3.60. The molecule has 0 spiro atoms. The summed E-state index contributed by atoms with van der Waals surface area (Å²) in [6.07, 6.45) is 9.62. The molecule has 3 rings (SSSR count). The van der Waals surface area contributed by atoms with Crippen LogP contribution in [0.3, 0.4) is 0 Å². The van der Waals surface area contributed by atoms with Gasteiger partial charge in [0.1, 0.15) is 5.75 Å². The van der Waals surface area contributed by atoms with Crippen molar-refractivity contribution in [3.8, 4) is 5.75 Å². The van der Waals surface area contributed by atoms with Crippen molar-refractivity contribution >= 4 is 15.9 Å². The van der Waals surface area contributed by atoms with Crippen molar-refractivity contribution in [3.05, 3.63) is 29.8 Å². The molecule has 0 saturated heterocycles. The van der Waals surface area contributed by atoms with E-state index in [9.17, 15) is 0 Å². The number of alkyl halides is 1. The van der Waals surface area contributed by atoms with Gasteiger partial charge in [-0.25, -0.2) is 0 Å². The molecule has 2 atom stereocenters. The van der Waals surface area contributed by atoms with E-state index in [1.807, 2.05) is 0 Å². The molecule has 0 N–H and O–H groups in total. The Balaban J connectivity index is 1.72. The molecule has 1 aromatic rings. The molecule has 0 amide bonds. The SMILES string of the molecule is BrC1CCCCC(c2cccc(OC3CC3)c2)C1. The van der Waals surface area contributed by atoms with E-state index in [0.29, 0.717) is 16.8 Å². The molecule has 98 valence electrons. The third kappa shape index (κ3) is 3.28. The number of ether oxygens (including phenoxy) is 1. The van der Waals surface area contributed by atoms with Gasteiger partial charge in [0.15, 0.2) is 0 Å². The van der Waals surface area contributed by atoms with E-state index < -0.39 is 0 Å². The monoisotopic (exact) mass is 308 g/mol. The van der Waals surface area contributed by atoms with E-state index in [2.05, 4.69) is 40.2 Å². The van der Waals surface area contributed by atoms with E-state index in [1.165, 1.54) is 50.5 Å². The van der Waals surface area contributed by atoms with Crippen LogP contribution >= 0.6 is 15.9 Å². The predicted octanol–water partition coefficient (Wildman–Crippen LogP) is 5.04. The normalized spacial score (nSPS) is 28.7. The maximum absolute atomic E-state index is 5.90. The second-order valence-corrected chi connectivity index (χ2v) is 7.00. The fourth-order valence-electron chi connectivity index (χ4n) is 2.82. The van der Waals surface area contributed by atoms with Crippen LogP contribution in [0.25, 0.3) is 0 Å². The van der Waals surface area contributed by atoms with Crippen molar-refractivity contribution in [2.24, 2.45) is 0 Å². The van der Waals surface area contributed by atoms with Crippen molar-refractivity contribution in [2.45, 2.75) is 61.8 Å². The minimum atomic E-state index is 0.498. The Labute approximate surface area is 118 Å². The van der Waals surface area contributed by atoms with Gasteiger partial charge in [-0.15, -0.1) is 0 Å². The number of hydrogen-bond acceptors (Lipinski definition) is 1. The first-order valence-electron chi connectivity index (χ1n) is 7.22. The first-order valence-corrected chi connectivity index (χ1v) is 8.13. The van der Waals surface area contributed by atoms with Crippen LogP contribution in [-0.4, -0.2) is 10.9 Å². The van der Waals surface area contributed by atoms with Crippen LogP contribution in [0, 0.1) is 0 Å². The van der Waals surface area contributed by atoms with Crippen LogP contribution in [0.1, 0.15) is 56.4 Å². The lowest BCUT2D eigenvalue weighted by Gasteiger charge is -2.17. The minimum absolute atomic E-state index is 0.498. The van der Waals surface area contributed by atoms with Crippen LogP contribution in [0.15, 0.2) is 24.3 Å². The highest BCUT2D eigenvalue weighted by Gasteiger charge is 2.24. The minimum Gasteiger partial charge on any atom is -0.490 e. The molecule has 0 heterocycles. The molecule has 2 unspecified atom stereocenters. The Morgan fingerprint density at radius 2 is 1.89 bits per heavy atom. The fraction of sp³-hybridized carbons (Fsp3) is 0.625. The predicted molar refractivity (Wildman–Crippen MR) is 78.6 cm³/mol. The summed E-state index contributed by atoms with van der Waals surface area (Å²) in [5.74, 6) is 1.78. The maximum Gasteiger partial charge on any atom is 0.119 e. The lowest BCUT2D eigenvalue weighted by Crippen LogP contribution is -2.04. The quantitative estimate of drug-likeness (QED) is 0.561. The van der Waals surface area contributed by atoms with E-state index in [1.54, 1.807) is 0 Å². The highest BCUT2D eigenvalue weighted by Crippen LogP contribution is 2.36. The van der Waals surface area contributed by atoms with Crippen LogP contribution < -0.4 is 4.74 Å². The molecule has 2 aliphatic carbocycles. The molecule has 2 fully saturated rings. The Morgan fingerprint density at radius 3 is 2.72 bits per heavy atom. The number of benzene rings is 1. The highest BCUT2D eigenvalue weighted by molar-refractivity contribution is 9.09. The van der Waals surface area contributed by atoms with Gasteiger partial charge >= 0.3 is 0 Å². The smallest absolute Gasteiger partial charge is 0.119 e. The molecule has 1 nitrogen and oxygen atoms in total. The van der Waals surface area contributed by atoms with Crippen LogP contribution in [0.4, 0.5) is 0 Å². The van der Waals surface area contributed by atoms with Crippen LogP contribution in [-0.2, 0) is 0 Å². The first-order chi connectivity index (χ1) is 8.81. The van der Waals surface area contributed by atoms with Gasteiger partial charge in [0.05, 0.1) is 6.10 Å². The molecule has 2 saturated carbocycles. The molecule has 0 aliphatic heterocycles. The largest absolute Gasteiger partial charge is 0.490 e. The Hall–Kier alpha value is -0.500. The zero-order valence-electron chi connectivity index (χ0n) is 10.8. The number of halogens is 1. The maximum atomic E-state index is 5.90. The van der Waals surface area contributed by atoms with Gasteiger partial charge in [0, 0.05) is 4.83 Å². The molecule has 0 bridgehead atoms. The van der Waals surface area contributed by atoms with Gasteiger partial charge in [-0.3, -0.25) is 0 Å². The van der Waals surface area contributed by atoms with Crippen molar-refractivity contribution in [1.29, 1.82) is 0 Å². The van der Waals surface area contributed by atoms with Crippen molar-refractivity contribution in [3.63, 3.8) is 0 Å². The van der Waals surface area contributed by atoms with Crippen LogP contribution in [0.5, 0.6) is 5.75 Å². The van der Waals surface area contributed by atoms with Gasteiger partial charge in [-0.1, -0.05) is 40.9 Å². The first kappa shape index (κ1) is 12.5. The van der Waals surface area contributed by atoms with Crippen molar-refractivity contribution in [2.75, 3.05) is 0 Å². The molecule has 1 aromatic carbocycles. The lowest BCUT2D eigenvalue weighted by molar-refractivity contribution is 0.302. The third-order valence-electron chi connectivity index (χ3n) is 4.02. The zero-order chi connectivity index (χ0) is 12.4. The Bertz CT molecular complexity index is 400. The summed E-state index contributed by atoms with van der Waals surface area (Å²) in [7, 11) is 0. The lowest BCUT2D eigenvalue weighted by atomic mass is 9.92. The van der Waals surface area contributed by atoms with E-state index in [4.69, 9.17) is 4.74 Å². The van der Waals surface area contributed by atoms with Gasteiger partial charge in [0.2, 0.25) is 0 Å². The molecule has 0 radical (unpaired) electrons. The summed E-state index contributed by atoms with van der Waals surface area (Å²) in [4.78, 5) is 0.693. The number of hydrogen-bond donors (Lipinski definition) is 0. The summed E-state index contributed by atoms with van der Waals surface area (Å²) in [6, 6.07) is 8.80. The standard InChI is InChI=1S/C16H21BrO/c17-14-6-2-1-4-12(10-14)13-5-3-7-16(11-13)18-15-8-9-15/h3,5,7,11-12,14-15H,1-2,4,6,8-10H2. The van der Waals surface area contributed by atoms with Gasteiger partial charge in [0.25, 0.3) is 0 Å². The van der Waals surface area contributed by atoms with Gasteiger partial charge in [-0.05, 0) is 55.7 Å². The average molecular weight is 309 g/mol. The van der Waals surface area contributed by atoms with E-state index in [0.717, 1.165) is 5.75 Å². The summed E-state index contributed by atoms with van der Waals surface area (Å²) < 4.78 is 5.90. The molecular formula is C16H21BrO. The summed E-state index contributed by atoms with van der Waals surface area (Å²) in [5, 5.41) is 0. The Morgan fingerprint density at radius 1 is 1.06 bits per heavy atom. The second-order valence-electron chi connectivity index (χ2n) is 5.70. The Kier molecular flexibility index (Phi) is 3.93. The highest BCUT2D eigenvalue weighted by atomic mass is 79.9. The zero-order valence-corrected chi connectivity index (χ0v) is 12.4. The summed E-state index contributed by atoms with van der Waals surface area (Å²) >= 11 is 3.81. The number of rotatable bonds is 3. The topological polar surface area (TPSA) is 9.23 Å². The van der Waals surface area contributed by atoms with Crippen molar-refractivity contribution in [1.82, 2.24) is 0 Å². The molecular weight excluding hydrogens is 288 g/mol.